The van der Waals surface area contributed by atoms with E-state index in [1.54, 1.807) is 6.92 Å². The molecule has 4 heteroatoms. The van der Waals surface area contributed by atoms with E-state index in [4.69, 9.17) is 0 Å². The summed E-state index contributed by atoms with van der Waals surface area (Å²) in [5.74, 6) is 0.185. The van der Waals surface area contributed by atoms with E-state index in [2.05, 4.69) is 41.4 Å². The van der Waals surface area contributed by atoms with Crippen molar-refractivity contribution in [2.24, 2.45) is 0 Å². The van der Waals surface area contributed by atoms with Gasteiger partial charge in [0.15, 0.2) is 0 Å². The number of nitrogens with one attached hydrogen (secondary N) is 1. The first-order chi connectivity index (χ1) is 9.61. The highest BCUT2D eigenvalue weighted by Gasteiger charge is 2.16. The molecule has 0 bridgehead atoms. The third-order valence-electron chi connectivity index (χ3n) is 4.13. The highest BCUT2D eigenvalue weighted by molar-refractivity contribution is 5.73. The molecule has 1 amide bonds. The van der Waals surface area contributed by atoms with Gasteiger partial charge in [-0.15, -0.1) is 0 Å². The smallest absolute Gasteiger partial charge is 0.219 e. The van der Waals surface area contributed by atoms with E-state index < -0.39 is 0 Å². The summed E-state index contributed by atoms with van der Waals surface area (Å²) >= 11 is 0. The van der Waals surface area contributed by atoms with Crippen LogP contribution in [0.3, 0.4) is 0 Å². The first-order valence-corrected chi connectivity index (χ1v) is 7.39. The summed E-state index contributed by atoms with van der Waals surface area (Å²) in [6, 6.07) is 9.12. The molecule has 0 saturated carbocycles. The number of carbonyl (C=O) groups excluding carboxylic acids is 1. The minimum Gasteiger partial charge on any atom is -0.370 e. The summed E-state index contributed by atoms with van der Waals surface area (Å²) in [6.45, 7) is 7.45. The molecular weight excluding hydrogens is 250 g/mol. The van der Waals surface area contributed by atoms with Gasteiger partial charge in [0.05, 0.1) is 0 Å². The molecule has 1 aromatic carbocycles. The van der Waals surface area contributed by atoms with Crippen LogP contribution in [0.15, 0.2) is 24.3 Å². The predicted octanol–water partition coefficient (Wildman–Crippen LogP) is 2.03. The third-order valence-corrected chi connectivity index (χ3v) is 4.13. The Balaban J connectivity index is 2.02. The summed E-state index contributed by atoms with van der Waals surface area (Å²) in [5.41, 5.74) is 2.55. The average Bonchev–Trinajstić information content (AvgIpc) is 2.72. The molecule has 1 heterocycles. The highest BCUT2D eigenvalue weighted by Crippen LogP contribution is 2.20. The van der Waals surface area contributed by atoms with Crippen LogP contribution in [0.5, 0.6) is 0 Å². The van der Waals surface area contributed by atoms with Gasteiger partial charge in [0.25, 0.3) is 0 Å². The summed E-state index contributed by atoms with van der Waals surface area (Å²) in [5, 5.41) is 3.25. The van der Waals surface area contributed by atoms with E-state index in [-0.39, 0.29) is 5.91 Å². The minimum absolute atomic E-state index is 0.185. The molecule has 1 N–H and O–H groups in total. The Kier molecular flexibility index (Phi) is 5.01. The first-order valence-electron chi connectivity index (χ1n) is 7.39. The molecule has 1 atom stereocenters. The van der Waals surface area contributed by atoms with Crippen molar-refractivity contribution in [2.45, 2.75) is 26.3 Å². The fourth-order valence-electron chi connectivity index (χ4n) is 2.63. The van der Waals surface area contributed by atoms with Crippen molar-refractivity contribution in [1.82, 2.24) is 10.2 Å². The lowest BCUT2D eigenvalue weighted by molar-refractivity contribution is -0.128. The van der Waals surface area contributed by atoms with Crippen LogP contribution in [0.4, 0.5) is 5.69 Å². The fraction of sp³-hybridized carbons (Fsp3) is 0.562. The molecule has 110 valence electrons. The van der Waals surface area contributed by atoms with Gasteiger partial charge in [-0.1, -0.05) is 12.1 Å². The molecule has 1 aliphatic rings. The molecule has 0 radical (unpaired) electrons. The quantitative estimate of drug-likeness (QED) is 0.917. The van der Waals surface area contributed by atoms with Crippen molar-refractivity contribution in [3.05, 3.63) is 29.8 Å². The van der Waals surface area contributed by atoms with E-state index in [0.29, 0.717) is 6.04 Å². The van der Waals surface area contributed by atoms with Crippen LogP contribution < -0.4 is 10.2 Å². The maximum absolute atomic E-state index is 11.4. The van der Waals surface area contributed by atoms with Gasteiger partial charge in [-0.3, -0.25) is 4.79 Å². The number of hydrogen-bond acceptors (Lipinski definition) is 3. The lowest BCUT2D eigenvalue weighted by Gasteiger charge is -2.24. The number of nitrogens with zero attached hydrogens (tertiary/aromatic N) is 2. The molecule has 1 aromatic rings. The Morgan fingerprint density at radius 1 is 1.15 bits per heavy atom. The van der Waals surface area contributed by atoms with E-state index in [9.17, 15) is 4.79 Å². The molecule has 1 saturated heterocycles. The monoisotopic (exact) mass is 275 g/mol. The van der Waals surface area contributed by atoms with Crippen LogP contribution in [0, 0.1) is 0 Å². The van der Waals surface area contributed by atoms with Gasteiger partial charge in [-0.2, -0.15) is 0 Å². The van der Waals surface area contributed by atoms with Gasteiger partial charge in [0.1, 0.15) is 0 Å². The molecule has 1 aliphatic heterocycles. The van der Waals surface area contributed by atoms with Gasteiger partial charge in [-0.05, 0) is 38.1 Å². The lowest BCUT2D eigenvalue weighted by atomic mass is 10.1. The van der Waals surface area contributed by atoms with Crippen LogP contribution >= 0.6 is 0 Å². The summed E-state index contributed by atoms with van der Waals surface area (Å²) in [7, 11) is 1.98. The fourth-order valence-corrected chi connectivity index (χ4v) is 2.63. The highest BCUT2D eigenvalue weighted by atomic mass is 16.2. The topological polar surface area (TPSA) is 35.6 Å². The molecule has 1 fully saturated rings. The van der Waals surface area contributed by atoms with Crippen LogP contribution in [-0.2, 0) is 4.79 Å². The molecule has 0 aromatic heterocycles. The normalized spacial score (nSPS) is 17.8. The predicted molar refractivity (Wildman–Crippen MR) is 83.0 cm³/mol. The zero-order valence-corrected chi connectivity index (χ0v) is 12.7. The van der Waals surface area contributed by atoms with Crippen molar-refractivity contribution < 1.29 is 4.79 Å². The molecule has 4 nitrogen and oxygen atoms in total. The van der Waals surface area contributed by atoms with E-state index in [1.165, 1.54) is 11.3 Å². The Morgan fingerprint density at radius 2 is 1.85 bits per heavy atom. The molecule has 2 rings (SSSR count). The number of amides is 1. The number of carbonyl (C=O) groups is 1. The zero-order valence-electron chi connectivity index (χ0n) is 12.7. The Morgan fingerprint density at radius 3 is 2.45 bits per heavy atom. The number of anilines is 1. The van der Waals surface area contributed by atoms with E-state index >= 15 is 0 Å². The van der Waals surface area contributed by atoms with Crippen molar-refractivity contribution in [3.8, 4) is 0 Å². The van der Waals surface area contributed by atoms with E-state index in [0.717, 1.165) is 32.6 Å². The number of hydrogen-bond donors (Lipinski definition) is 1. The van der Waals surface area contributed by atoms with Crippen LogP contribution in [0.25, 0.3) is 0 Å². The minimum atomic E-state index is 0.185. The SMILES string of the molecule is CNC(C)c1ccc(N2CCCN(C(C)=O)CC2)cc1. The maximum Gasteiger partial charge on any atom is 0.219 e. The van der Waals surface area contributed by atoms with Gasteiger partial charge in [0, 0.05) is 44.8 Å². The van der Waals surface area contributed by atoms with Crippen LogP contribution in [-0.4, -0.2) is 44.0 Å². The summed E-state index contributed by atoms with van der Waals surface area (Å²) in [4.78, 5) is 15.8. The largest absolute Gasteiger partial charge is 0.370 e. The van der Waals surface area contributed by atoms with Crippen molar-refractivity contribution >= 4 is 11.6 Å². The number of rotatable bonds is 3. The summed E-state index contributed by atoms with van der Waals surface area (Å²) in [6.07, 6.45) is 1.04. The van der Waals surface area contributed by atoms with Gasteiger partial charge >= 0.3 is 0 Å². The van der Waals surface area contributed by atoms with Gasteiger partial charge in [-0.25, -0.2) is 0 Å². The average molecular weight is 275 g/mol. The second-order valence-electron chi connectivity index (χ2n) is 5.45. The Bertz CT molecular complexity index is 444. The van der Waals surface area contributed by atoms with E-state index in [1.807, 2.05) is 11.9 Å². The van der Waals surface area contributed by atoms with Crippen molar-refractivity contribution in [3.63, 3.8) is 0 Å². The summed E-state index contributed by atoms with van der Waals surface area (Å²) < 4.78 is 0. The second-order valence-corrected chi connectivity index (χ2v) is 5.45. The number of benzene rings is 1. The standard InChI is InChI=1S/C16H25N3O/c1-13(17-3)15-5-7-16(8-6-15)19-10-4-9-18(11-12-19)14(2)20/h5-8,13,17H,4,9-12H2,1-3H3. The Labute approximate surface area is 121 Å². The maximum atomic E-state index is 11.4. The molecular formula is C16H25N3O. The van der Waals surface area contributed by atoms with Crippen LogP contribution in [0.1, 0.15) is 31.9 Å². The van der Waals surface area contributed by atoms with Gasteiger partial charge < -0.3 is 15.1 Å². The zero-order chi connectivity index (χ0) is 14.5. The first kappa shape index (κ1) is 14.9. The molecule has 20 heavy (non-hydrogen) atoms. The Hall–Kier alpha value is -1.55. The van der Waals surface area contributed by atoms with Crippen molar-refractivity contribution in [1.29, 1.82) is 0 Å². The van der Waals surface area contributed by atoms with Crippen molar-refractivity contribution in [2.75, 3.05) is 38.1 Å². The lowest BCUT2D eigenvalue weighted by Crippen LogP contribution is -2.33. The molecule has 0 aliphatic carbocycles. The van der Waals surface area contributed by atoms with Crippen LogP contribution in [0.2, 0.25) is 0 Å². The molecule has 0 spiro atoms. The van der Waals surface area contributed by atoms with Gasteiger partial charge in [0.2, 0.25) is 5.91 Å². The third kappa shape index (κ3) is 3.51. The second kappa shape index (κ2) is 6.75. The molecule has 1 unspecified atom stereocenters.